The average molecular weight is 365 g/mol. The molecule has 4 fully saturated rings. The lowest BCUT2D eigenvalue weighted by Gasteiger charge is -2.65. The molecule has 1 aliphatic heterocycles. The Balaban J connectivity index is 1.81. The Hall–Kier alpha value is -0.120. The van der Waals surface area contributed by atoms with Gasteiger partial charge in [0.25, 0.3) is 0 Å². The van der Waals surface area contributed by atoms with Gasteiger partial charge in [-0.05, 0) is 75.0 Å². The molecule has 0 unspecified atom stereocenters. The highest BCUT2D eigenvalue weighted by Gasteiger charge is 2.65. The molecule has 4 bridgehead atoms. The Morgan fingerprint density at radius 1 is 1.04 bits per heavy atom. The molecule has 0 aromatic heterocycles. The first-order chi connectivity index (χ1) is 12.1. The van der Waals surface area contributed by atoms with Crippen molar-refractivity contribution in [2.24, 2.45) is 47.3 Å². The van der Waals surface area contributed by atoms with E-state index >= 15 is 0 Å². The summed E-state index contributed by atoms with van der Waals surface area (Å²) >= 11 is 0. The lowest BCUT2D eigenvalue weighted by molar-refractivity contribution is -0.352. The van der Waals surface area contributed by atoms with Crippen molar-refractivity contribution in [3.05, 3.63) is 0 Å². The van der Waals surface area contributed by atoms with Crippen molar-refractivity contribution in [1.82, 2.24) is 0 Å². The van der Waals surface area contributed by atoms with Gasteiger partial charge in [0, 0.05) is 11.8 Å². The molecule has 1 N–H and O–H groups in total. The van der Waals surface area contributed by atoms with Crippen LogP contribution in [-0.2, 0) is 9.47 Å². The molecule has 3 nitrogen and oxygen atoms in total. The molecule has 3 saturated carbocycles. The van der Waals surface area contributed by atoms with Crippen LogP contribution in [0, 0.1) is 47.3 Å². The minimum Gasteiger partial charge on any atom is -0.389 e. The molecule has 26 heavy (non-hydrogen) atoms. The van der Waals surface area contributed by atoms with Crippen molar-refractivity contribution in [2.75, 3.05) is 6.61 Å². The Morgan fingerprint density at radius 2 is 1.77 bits per heavy atom. The van der Waals surface area contributed by atoms with Crippen LogP contribution in [0.1, 0.15) is 73.6 Å². The normalized spacial score (nSPS) is 53.5. The van der Waals surface area contributed by atoms with Crippen molar-refractivity contribution in [3.63, 3.8) is 0 Å². The lowest BCUT2D eigenvalue weighted by Crippen LogP contribution is -2.70. The molecular formula is C23H40O3. The number of aliphatic hydroxyl groups is 1. The summed E-state index contributed by atoms with van der Waals surface area (Å²) in [6.45, 7) is 14.4. The topological polar surface area (TPSA) is 38.7 Å². The van der Waals surface area contributed by atoms with Gasteiger partial charge in [-0.3, -0.25) is 0 Å². The standard InChI is InChI=1S/C23H40O3/c1-13(2)17-9-7-14(3)18-10-8-15(4)23(24)19(17)11-16-12-25-22(5,6)26-21(16)20(18)23/h13-21,24H,7-12H2,1-6H3/t14-,15+,16+,17-,18+,19+,20+,21-,23+/m1/s1. The van der Waals surface area contributed by atoms with Gasteiger partial charge >= 0.3 is 0 Å². The predicted molar refractivity (Wildman–Crippen MR) is 104 cm³/mol. The minimum atomic E-state index is -0.568. The maximum atomic E-state index is 12.4. The van der Waals surface area contributed by atoms with Gasteiger partial charge < -0.3 is 14.6 Å². The van der Waals surface area contributed by atoms with E-state index in [4.69, 9.17) is 9.47 Å². The van der Waals surface area contributed by atoms with E-state index in [2.05, 4.69) is 27.7 Å². The van der Waals surface area contributed by atoms with Crippen LogP contribution in [0.5, 0.6) is 0 Å². The average Bonchev–Trinajstić information content (AvgIpc) is 2.55. The first kappa shape index (κ1) is 19.2. The number of hydrogen-bond donors (Lipinski definition) is 1. The fraction of sp³-hybridized carbons (Fsp3) is 1.00. The van der Waals surface area contributed by atoms with Gasteiger partial charge in [0.15, 0.2) is 5.79 Å². The quantitative estimate of drug-likeness (QED) is 0.721. The second-order valence-corrected chi connectivity index (χ2v) is 10.9. The fourth-order valence-electron chi connectivity index (χ4n) is 7.41. The molecule has 4 aliphatic rings. The maximum absolute atomic E-state index is 12.4. The highest BCUT2D eigenvalue weighted by atomic mass is 16.7. The second kappa shape index (κ2) is 6.46. The van der Waals surface area contributed by atoms with Gasteiger partial charge in [-0.2, -0.15) is 0 Å². The third kappa shape index (κ3) is 2.79. The van der Waals surface area contributed by atoms with Crippen molar-refractivity contribution >= 4 is 0 Å². The zero-order chi connectivity index (χ0) is 18.9. The summed E-state index contributed by atoms with van der Waals surface area (Å²) in [5.41, 5.74) is -0.568. The Labute approximate surface area is 160 Å². The van der Waals surface area contributed by atoms with E-state index in [-0.39, 0.29) is 12.0 Å². The van der Waals surface area contributed by atoms with Crippen LogP contribution >= 0.6 is 0 Å². The SMILES string of the molecule is CC(C)[C@H]1CC[C@@H](C)[C@@H]2CC[C@H](C)[C@@]3(O)[C@@H]2[C@@H]2OC(C)(C)OC[C@@H]2C[C@@H]13. The summed E-state index contributed by atoms with van der Waals surface area (Å²) in [6.07, 6.45) is 6.22. The summed E-state index contributed by atoms with van der Waals surface area (Å²) in [5, 5.41) is 12.4. The molecule has 4 rings (SSSR count). The highest BCUT2D eigenvalue weighted by Crippen LogP contribution is 2.61. The van der Waals surface area contributed by atoms with Crippen LogP contribution in [0.15, 0.2) is 0 Å². The minimum absolute atomic E-state index is 0.154. The van der Waals surface area contributed by atoms with Gasteiger partial charge in [-0.1, -0.05) is 34.1 Å². The molecule has 150 valence electrons. The van der Waals surface area contributed by atoms with Crippen LogP contribution in [0.3, 0.4) is 0 Å². The van der Waals surface area contributed by atoms with Gasteiger partial charge in [0.05, 0.1) is 18.3 Å². The molecule has 0 aromatic carbocycles. The molecule has 3 heteroatoms. The van der Waals surface area contributed by atoms with E-state index in [1.807, 2.05) is 13.8 Å². The van der Waals surface area contributed by atoms with Crippen molar-refractivity contribution in [3.8, 4) is 0 Å². The van der Waals surface area contributed by atoms with Gasteiger partial charge in [0.2, 0.25) is 0 Å². The molecular weight excluding hydrogens is 324 g/mol. The summed E-state index contributed by atoms with van der Waals surface area (Å²) in [7, 11) is 0. The van der Waals surface area contributed by atoms with Crippen LogP contribution in [0.2, 0.25) is 0 Å². The highest BCUT2D eigenvalue weighted by molar-refractivity contribution is 5.13. The molecule has 0 aromatic rings. The second-order valence-electron chi connectivity index (χ2n) is 10.9. The number of rotatable bonds is 1. The Kier molecular flexibility index (Phi) is 4.77. The van der Waals surface area contributed by atoms with Gasteiger partial charge in [-0.15, -0.1) is 0 Å². The smallest absolute Gasteiger partial charge is 0.163 e. The summed E-state index contributed by atoms with van der Waals surface area (Å²) in [5.74, 6) is 3.47. The fourth-order valence-corrected chi connectivity index (χ4v) is 7.41. The Morgan fingerprint density at radius 3 is 2.46 bits per heavy atom. The lowest BCUT2D eigenvalue weighted by atomic mass is 9.45. The van der Waals surface area contributed by atoms with Crippen LogP contribution in [0.4, 0.5) is 0 Å². The third-order valence-electron chi connectivity index (χ3n) is 8.81. The number of ether oxygens (including phenoxy) is 2. The van der Waals surface area contributed by atoms with Gasteiger partial charge in [0.1, 0.15) is 0 Å². The molecule has 0 amide bonds. The van der Waals surface area contributed by atoms with Crippen molar-refractivity contribution < 1.29 is 14.6 Å². The van der Waals surface area contributed by atoms with Crippen LogP contribution in [-0.4, -0.2) is 29.2 Å². The van der Waals surface area contributed by atoms with Crippen molar-refractivity contribution in [2.45, 2.75) is 91.1 Å². The monoisotopic (exact) mass is 364 g/mol. The van der Waals surface area contributed by atoms with Gasteiger partial charge in [-0.25, -0.2) is 0 Å². The first-order valence-corrected chi connectivity index (χ1v) is 11.2. The molecule has 3 aliphatic carbocycles. The first-order valence-electron chi connectivity index (χ1n) is 11.2. The largest absolute Gasteiger partial charge is 0.389 e. The number of fused-ring (bicyclic) bond motifs is 1. The summed E-state index contributed by atoms with van der Waals surface area (Å²) in [4.78, 5) is 0. The van der Waals surface area contributed by atoms with E-state index in [9.17, 15) is 5.11 Å². The molecule has 0 spiro atoms. The number of hydrogen-bond acceptors (Lipinski definition) is 3. The van der Waals surface area contributed by atoms with Crippen LogP contribution in [0.25, 0.3) is 0 Å². The molecule has 1 saturated heterocycles. The molecule has 1 heterocycles. The zero-order valence-electron chi connectivity index (χ0n) is 17.7. The molecule has 9 atom stereocenters. The molecule has 0 radical (unpaired) electrons. The third-order valence-corrected chi connectivity index (χ3v) is 8.81. The summed E-state index contributed by atoms with van der Waals surface area (Å²) < 4.78 is 12.6. The van der Waals surface area contributed by atoms with E-state index < -0.39 is 11.4 Å². The van der Waals surface area contributed by atoms with E-state index in [1.165, 1.54) is 25.7 Å². The zero-order valence-corrected chi connectivity index (χ0v) is 17.7. The van der Waals surface area contributed by atoms with E-state index in [1.54, 1.807) is 0 Å². The van der Waals surface area contributed by atoms with E-state index in [0.29, 0.717) is 41.4 Å². The van der Waals surface area contributed by atoms with Crippen LogP contribution < -0.4 is 0 Å². The summed E-state index contributed by atoms with van der Waals surface area (Å²) in [6, 6.07) is 0. The van der Waals surface area contributed by atoms with Crippen molar-refractivity contribution in [1.29, 1.82) is 0 Å². The predicted octanol–water partition coefficient (Wildman–Crippen LogP) is 4.87. The van der Waals surface area contributed by atoms with E-state index in [0.717, 1.165) is 13.0 Å². The Bertz CT molecular complexity index is 530. The maximum Gasteiger partial charge on any atom is 0.163 e.